The molecule has 1 aromatic carbocycles. The number of nitrogens with zero attached hydrogens (tertiary/aromatic N) is 1. The second-order valence-electron chi connectivity index (χ2n) is 7.74. The molecule has 2 N–H and O–H groups in total. The van der Waals surface area contributed by atoms with Crippen LogP contribution >= 0.6 is 34.7 Å². The maximum Gasteiger partial charge on any atom is 0.257 e. The molecule has 162 valence electrons. The van der Waals surface area contributed by atoms with Crippen LogP contribution in [0.15, 0.2) is 46.1 Å². The molecule has 0 saturated heterocycles. The van der Waals surface area contributed by atoms with Gasteiger partial charge in [-0.1, -0.05) is 11.6 Å². The predicted octanol–water partition coefficient (Wildman–Crippen LogP) is 4.67. The zero-order valence-corrected chi connectivity index (χ0v) is 19.8. The van der Waals surface area contributed by atoms with E-state index in [0.717, 1.165) is 16.3 Å². The van der Waals surface area contributed by atoms with Crippen molar-refractivity contribution in [1.29, 1.82) is 0 Å². The number of aliphatic hydroxyl groups is 1. The van der Waals surface area contributed by atoms with Crippen molar-refractivity contribution in [2.45, 2.75) is 43.4 Å². The summed E-state index contributed by atoms with van der Waals surface area (Å²) in [6, 6.07) is 11.0. The van der Waals surface area contributed by atoms with Gasteiger partial charge in [0.1, 0.15) is 5.56 Å². The molecule has 1 amide bonds. The molecule has 0 bridgehead atoms. The average molecular weight is 475 g/mol. The topological polar surface area (TPSA) is 71.3 Å². The summed E-state index contributed by atoms with van der Waals surface area (Å²) in [4.78, 5) is 29.5. The lowest BCUT2D eigenvalue weighted by molar-refractivity contribution is 0.0919. The monoisotopic (exact) mass is 474 g/mol. The van der Waals surface area contributed by atoms with E-state index < -0.39 is 11.9 Å². The molecule has 3 aromatic rings. The number of benzene rings is 1. The van der Waals surface area contributed by atoms with E-state index in [0.29, 0.717) is 17.1 Å². The van der Waals surface area contributed by atoms with E-state index in [4.69, 9.17) is 11.6 Å². The number of fused-ring (bicyclic) bond motifs is 3. The summed E-state index contributed by atoms with van der Waals surface area (Å²) < 4.78 is 2.00. The average Bonchev–Trinajstić information content (AvgIpc) is 3.06. The minimum absolute atomic E-state index is 0.0349. The quantitative estimate of drug-likeness (QED) is 0.576. The Kier molecular flexibility index (Phi) is 6.30. The number of aliphatic hydroxyl groups excluding tert-OH is 1. The molecular weight excluding hydrogens is 452 g/mol. The van der Waals surface area contributed by atoms with Crippen LogP contribution in [0, 0.1) is 13.8 Å². The number of nitrogens with one attached hydrogen (secondary N) is 1. The fourth-order valence-electron chi connectivity index (χ4n) is 3.83. The summed E-state index contributed by atoms with van der Waals surface area (Å²) >= 11 is 9.74. The first kappa shape index (κ1) is 22.1. The molecule has 5 nitrogen and oxygen atoms in total. The summed E-state index contributed by atoms with van der Waals surface area (Å²) in [7, 11) is 0. The largest absolute Gasteiger partial charge is 0.394 e. The fourth-order valence-corrected chi connectivity index (χ4v) is 6.43. The Labute approximate surface area is 194 Å². The van der Waals surface area contributed by atoms with Crippen molar-refractivity contribution in [3.63, 3.8) is 0 Å². The Bertz CT molecular complexity index is 1220. The van der Waals surface area contributed by atoms with Gasteiger partial charge in [0.2, 0.25) is 0 Å². The zero-order valence-electron chi connectivity index (χ0n) is 17.4. The Morgan fingerprint density at radius 3 is 2.74 bits per heavy atom. The number of carbonyl (C=O) groups excluding carboxylic acids is 1. The summed E-state index contributed by atoms with van der Waals surface area (Å²) in [6.07, 6.45) is 0.518. The molecule has 2 atom stereocenters. The lowest BCUT2D eigenvalue weighted by atomic mass is 10.0. The summed E-state index contributed by atoms with van der Waals surface area (Å²) in [5, 5.41) is 12.8. The fraction of sp³-hybridized carbons (Fsp3) is 0.304. The molecule has 0 saturated carbocycles. The summed E-state index contributed by atoms with van der Waals surface area (Å²) in [5.74, 6) is -0.459. The maximum atomic E-state index is 13.1. The highest BCUT2D eigenvalue weighted by Crippen LogP contribution is 2.46. The number of carbonyl (C=O) groups is 1. The molecule has 2 aromatic heterocycles. The van der Waals surface area contributed by atoms with Crippen LogP contribution in [0.2, 0.25) is 5.02 Å². The van der Waals surface area contributed by atoms with Crippen LogP contribution in [0.4, 0.5) is 0 Å². The molecule has 4 rings (SSSR count). The molecule has 3 heterocycles. The Morgan fingerprint density at radius 2 is 2.06 bits per heavy atom. The Hall–Kier alpha value is -2.06. The van der Waals surface area contributed by atoms with Gasteiger partial charge in [-0.25, -0.2) is 0 Å². The summed E-state index contributed by atoms with van der Waals surface area (Å²) in [5.41, 5.74) is 2.17. The first-order valence-electron chi connectivity index (χ1n) is 9.98. The number of thiophene rings is 1. The third kappa shape index (κ3) is 4.32. The molecular formula is C23H23ClN2O3S2. The van der Waals surface area contributed by atoms with Crippen molar-refractivity contribution in [3.8, 4) is 5.69 Å². The normalized spacial score (nSPS) is 16.2. The van der Waals surface area contributed by atoms with Crippen molar-refractivity contribution in [1.82, 2.24) is 9.88 Å². The Balaban J connectivity index is 1.96. The number of pyridine rings is 1. The molecule has 0 radical (unpaired) electrons. The van der Waals surface area contributed by atoms with Crippen LogP contribution < -0.4 is 10.7 Å². The predicted molar refractivity (Wildman–Crippen MR) is 127 cm³/mol. The van der Waals surface area contributed by atoms with E-state index in [2.05, 4.69) is 24.4 Å². The first-order valence-corrected chi connectivity index (χ1v) is 12.1. The smallest absolute Gasteiger partial charge is 0.257 e. The van der Waals surface area contributed by atoms with Gasteiger partial charge in [-0.05, 0) is 51.1 Å². The second-order valence-corrected chi connectivity index (χ2v) is 10.7. The van der Waals surface area contributed by atoms with Gasteiger partial charge in [0.15, 0.2) is 5.43 Å². The molecule has 0 fully saturated rings. The molecule has 2 unspecified atom stereocenters. The van der Waals surface area contributed by atoms with Crippen molar-refractivity contribution in [3.05, 3.63) is 78.3 Å². The van der Waals surface area contributed by atoms with Crippen molar-refractivity contribution in [2.75, 3.05) is 6.61 Å². The molecule has 1 aliphatic heterocycles. The third-order valence-electron chi connectivity index (χ3n) is 5.27. The number of halogens is 1. The summed E-state index contributed by atoms with van der Waals surface area (Å²) in [6.45, 7) is 5.45. The van der Waals surface area contributed by atoms with Gasteiger partial charge < -0.3 is 15.0 Å². The lowest BCUT2D eigenvalue weighted by Gasteiger charge is -2.20. The standard InChI is InChI=1S/C23H23ClN2O3S2/c1-12(11-27)25-23(29)22-17-10-21(19-7-4-14(3)30-19)31-20-9-15(24)5-6-16(20)26(17)13(2)8-18(22)28/h4-9,12,21,27H,10-11H2,1-3H3,(H,25,29). The molecule has 8 heteroatoms. The van der Waals surface area contributed by atoms with Crippen molar-refractivity contribution in [2.24, 2.45) is 0 Å². The number of aromatic nitrogens is 1. The van der Waals surface area contributed by atoms with Crippen LogP contribution in [0.5, 0.6) is 0 Å². The molecule has 0 spiro atoms. The minimum atomic E-state index is -0.459. The number of hydrogen-bond donors (Lipinski definition) is 2. The lowest BCUT2D eigenvalue weighted by Crippen LogP contribution is -2.39. The van der Waals surface area contributed by atoms with Crippen molar-refractivity contribution >= 4 is 40.6 Å². The van der Waals surface area contributed by atoms with E-state index in [1.54, 1.807) is 30.0 Å². The zero-order chi connectivity index (χ0) is 22.3. The number of amides is 1. The Morgan fingerprint density at radius 1 is 1.29 bits per heavy atom. The third-order valence-corrected chi connectivity index (χ3v) is 8.05. The van der Waals surface area contributed by atoms with Crippen LogP contribution in [0.1, 0.15) is 43.7 Å². The molecule has 31 heavy (non-hydrogen) atoms. The van der Waals surface area contributed by atoms with Gasteiger partial charge in [-0.2, -0.15) is 0 Å². The van der Waals surface area contributed by atoms with Crippen molar-refractivity contribution < 1.29 is 9.90 Å². The van der Waals surface area contributed by atoms with Gasteiger partial charge in [0.05, 0.1) is 12.3 Å². The van der Waals surface area contributed by atoms with E-state index in [-0.39, 0.29) is 22.8 Å². The minimum Gasteiger partial charge on any atom is -0.394 e. The number of rotatable bonds is 4. The number of aryl methyl sites for hydroxylation is 2. The van der Waals surface area contributed by atoms with Gasteiger partial charge in [0.25, 0.3) is 5.91 Å². The van der Waals surface area contributed by atoms with Crippen LogP contribution in [0.25, 0.3) is 5.69 Å². The van der Waals surface area contributed by atoms with E-state index in [1.165, 1.54) is 15.8 Å². The van der Waals surface area contributed by atoms with Crippen LogP contribution in [-0.2, 0) is 6.42 Å². The maximum absolute atomic E-state index is 13.1. The van der Waals surface area contributed by atoms with Crippen LogP contribution in [-0.4, -0.2) is 28.2 Å². The van der Waals surface area contributed by atoms with Crippen LogP contribution in [0.3, 0.4) is 0 Å². The molecule has 0 aliphatic carbocycles. The van der Waals surface area contributed by atoms with E-state index >= 15 is 0 Å². The van der Waals surface area contributed by atoms with E-state index in [9.17, 15) is 14.7 Å². The number of thioether (sulfide) groups is 1. The first-order chi connectivity index (χ1) is 14.8. The molecule has 1 aliphatic rings. The van der Waals surface area contributed by atoms with Gasteiger partial charge in [-0.15, -0.1) is 23.1 Å². The second kappa shape index (κ2) is 8.82. The van der Waals surface area contributed by atoms with Gasteiger partial charge >= 0.3 is 0 Å². The highest BCUT2D eigenvalue weighted by Gasteiger charge is 2.30. The highest BCUT2D eigenvalue weighted by atomic mass is 35.5. The SMILES string of the molecule is Cc1ccc(C2Cc3c(C(=O)NC(C)CO)c(=O)cc(C)n3-c3ccc(Cl)cc3S2)s1. The van der Waals surface area contributed by atoms with Gasteiger partial charge in [0, 0.05) is 54.8 Å². The van der Waals surface area contributed by atoms with E-state index in [1.807, 2.05) is 29.7 Å². The highest BCUT2D eigenvalue weighted by molar-refractivity contribution is 7.99. The van der Waals surface area contributed by atoms with Gasteiger partial charge in [-0.3, -0.25) is 9.59 Å². The number of hydrogen-bond acceptors (Lipinski definition) is 5.